The molecule has 2 rings (SSSR count). The molecular weight excluding hydrogens is 252 g/mol. The van der Waals surface area contributed by atoms with Crippen LogP contribution in [0, 0.1) is 11.3 Å². The molecule has 0 aromatic carbocycles. The summed E-state index contributed by atoms with van der Waals surface area (Å²) in [6.45, 7) is 3.96. The Bertz CT molecular complexity index is 521. The minimum absolute atomic E-state index is 0.0918. The van der Waals surface area contributed by atoms with Gasteiger partial charge in [0.25, 0.3) is 0 Å². The number of rotatable bonds is 4. The number of likely N-dealkylation sites (tertiary alicyclic amines) is 1. The second-order valence-electron chi connectivity index (χ2n) is 5.32. The number of aromatic nitrogens is 1. The molecule has 0 atom stereocenters. The lowest BCUT2D eigenvalue weighted by Crippen LogP contribution is -2.38. The van der Waals surface area contributed by atoms with Gasteiger partial charge in [0.05, 0.1) is 5.69 Å². The van der Waals surface area contributed by atoms with Gasteiger partial charge in [-0.3, -0.25) is 4.79 Å². The molecule has 1 saturated heterocycles. The largest absolute Gasteiger partial charge is 0.397 e. The fraction of sp³-hybridized carbons (Fsp3) is 0.600. The van der Waals surface area contributed by atoms with Gasteiger partial charge in [-0.15, -0.1) is 0 Å². The number of nitrogens with two attached hydrogens (primary N) is 1. The number of hydrogen-bond acceptors (Lipinski definition) is 3. The molecule has 20 heavy (non-hydrogen) atoms. The molecule has 0 bridgehead atoms. The average Bonchev–Trinajstić information content (AvgIpc) is 2.77. The quantitative estimate of drug-likeness (QED) is 0.911. The third-order valence-electron chi connectivity index (χ3n) is 3.85. The van der Waals surface area contributed by atoms with Gasteiger partial charge in [0.2, 0.25) is 5.91 Å². The van der Waals surface area contributed by atoms with E-state index in [-0.39, 0.29) is 12.5 Å². The first kappa shape index (κ1) is 14.4. The Labute approximate surface area is 120 Å². The van der Waals surface area contributed by atoms with Gasteiger partial charge >= 0.3 is 0 Å². The normalized spacial score (nSPS) is 15.1. The maximum Gasteiger partial charge on any atom is 0.242 e. The monoisotopic (exact) mass is 274 g/mol. The first-order valence-corrected chi connectivity index (χ1v) is 7.33. The van der Waals surface area contributed by atoms with Crippen molar-refractivity contribution in [3.63, 3.8) is 0 Å². The fourth-order valence-corrected chi connectivity index (χ4v) is 2.78. The minimum Gasteiger partial charge on any atom is -0.397 e. The highest BCUT2D eigenvalue weighted by atomic mass is 16.2. The molecule has 1 fully saturated rings. The van der Waals surface area contributed by atoms with E-state index in [1.54, 1.807) is 10.6 Å². The third-order valence-corrected chi connectivity index (χ3v) is 3.85. The second-order valence-corrected chi connectivity index (χ2v) is 5.32. The summed E-state index contributed by atoms with van der Waals surface area (Å²) in [6.07, 6.45) is 5.08. The number of piperidine rings is 1. The Morgan fingerprint density at radius 2 is 2.10 bits per heavy atom. The molecule has 2 heterocycles. The molecular formula is C15H22N4O. The molecule has 0 radical (unpaired) electrons. The van der Waals surface area contributed by atoms with Gasteiger partial charge in [0.1, 0.15) is 18.3 Å². The van der Waals surface area contributed by atoms with Gasteiger partial charge in [0, 0.05) is 18.8 Å². The maximum absolute atomic E-state index is 12.4. The van der Waals surface area contributed by atoms with Gasteiger partial charge in [-0.05, 0) is 31.7 Å². The molecule has 1 amide bonds. The highest BCUT2D eigenvalue weighted by molar-refractivity contribution is 5.76. The van der Waals surface area contributed by atoms with Crippen LogP contribution in [0.3, 0.4) is 0 Å². The Morgan fingerprint density at radius 1 is 1.40 bits per heavy atom. The van der Waals surface area contributed by atoms with E-state index < -0.39 is 0 Å². The highest BCUT2D eigenvalue weighted by Gasteiger charge is 2.20. The summed E-state index contributed by atoms with van der Waals surface area (Å²) in [5, 5.41) is 9.20. The predicted octanol–water partition coefficient (Wildman–Crippen LogP) is 1.91. The van der Waals surface area contributed by atoms with Crippen LogP contribution < -0.4 is 5.73 Å². The smallest absolute Gasteiger partial charge is 0.242 e. The van der Waals surface area contributed by atoms with Gasteiger partial charge in [0.15, 0.2) is 0 Å². The molecule has 1 aliphatic rings. The minimum atomic E-state index is 0.0918. The second kappa shape index (κ2) is 6.47. The van der Waals surface area contributed by atoms with E-state index >= 15 is 0 Å². The number of anilines is 1. The summed E-state index contributed by atoms with van der Waals surface area (Å²) < 4.78 is 1.79. The predicted molar refractivity (Wildman–Crippen MR) is 78.0 cm³/mol. The topological polar surface area (TPSA) is 75.0 Å². The summed E-state index contributed by atoms with van der Waals surface area (Å²) >= 11 is 0. The molecule has 5 nitrogen and oxygen atoms in total. The van der Waals surface area contributed by atoms with Crippen LogP contribution in [0.4, 0.5) is 5.69 Å². The summed E-state index contributed by atoms with van der Waals surface area (Å²) in [5.74, 6) is 0.0918. The molecule has 0 aliphatic carbocycles. The number of carbonyl (C=O) groups excluding carboxylic acids is 1. The van der Waals surface area contributed by atoms with Gasteiger partial charge in [-0.2, -0.15) is 5.26 Å². The fourth-order valence-electron chi connectivity index (χ4n) is 2.78. The number of nitrogens with zero attached hydrogens (tertiary/aromatic N) is 3. The van der Waals surface area contributed by atoms with Crippen molar-refractivity contribution in [1.82, 2.24) is 9.47 Å². The van der Waals surface area contributed by atoms with Crippen molar-refractivity contribution in [2.24, 2.45) is 0 Å². The molecule has 0 spiro atoms. The standard InChI is InChI=1S/C15H22N4O/c1-2-6-14-13(17)9-12(10-16)19(14)11-15(20)18-7-4-3-5-8-18/h9H,2-8,11,17H2,1H3. The summed E-state index contributed by atoms with van der Waals surface area (Å²) in [6, 6.07) is 3.81. The lowest BCUT2D eigenvalue weighted by Gasteiger charge is -2.27. The summed E-state index contributed by atoms with van der Waals surface area (Å²) in [5.41, 5.74) is 7.98. The van der Waals surface area contributed by atoms with Crippen LogP contribution in [0.15, 0.2) is 6.07 Å². The third kappa shape index (κ3) is 2.96. The van der Waals surface area contributed by atoms with E-state index in [0.717, 1.165) is 44.5 Å². The molecule has 1 aliphatic heterocycles. The van der Waals surface area contributed by atoms with Crippen molar-refractivity contribution in [2.75, 3.05) is 18.8 Å². The van der Waals surface area contributed by atoms with Gasteiger partial charge in [-0.1, -0.05) is 13.3 Å². The van der Waals surface area contributed by atoms with Crippen molar-refractivity contribution in [3.8, 4) is 6.07 Å². The van der Waals surface area contributed by atoms with E-state index in [2.05, 4.69) is 13.0 Å². The van der Waals surface area contributed by atoms with Crippen LogP contribution in [0.25, 0.3) is 0 Å². The van der Waals surface area contributed by atoms with Crippen LogP contribution >= 0.6 is 0 Å². The van der Waals surface area contributed by atoms with Crippen LogP contribution in [-0.4, -0.2) is 28.5 Å². The number of nitrogen functional groups attached to an aromatic ring is 1. The van der Waals surface area contributed by atoms with Crippen LogP contribution in [-0.2, 0) is 17.8 Å². The van der Waals surface area contributed by atoms with E-state index in [4.69, 9.17) is 5.73 Å². The molecule has 0 saturated carbocycles. The van der Waals surface area contributed by atoms with Crippen molar-refractivity contribution in [3.05, 3.63) is 17.5 Å². The van der Waals surface area contributed by atoms with Gasteiger partial charge in [-0.25, -0.2) is 0 Å². The SMILES string of the molecule is CCCc1c(N)cc(C#N)n1CC(=O)N1CCCCC1. The molecule has 5 heteroatoms. The van der Waals surface area contributed by atoms with E-state index in [0.29, 0.717) is 11.4 Å². The first-order chi connectivity index (χ1) is 9.67. The average molecular weight is 274 g/mol. The lowest BCUT2D eigenvalue weighted by molar-refractivity contribution is -0.132. The van der Waals surface area contributed by atoms with Crippen molar-refractivity contribution < 1.29 is 4.79 Å². The molecule has 108 valence electrons. The van der Waals surface area contributed by atoms with E-state index in [1.807, 2.05) is 4.90 Å². The number of nitriles is 1. The zero-order valence-electron chi connectivity index (χ0n) is 12.1. The molecule has 0 unspecified atom stereocenters. The zero-order valence-corrected chi connectivity index (χ0v) is 12.1. The van der Waals surface area contributed by atoms with Crippen molar-refractivity contribution >= 4 is 11.6 Å². The van der Waals surface area contributed by atoms with E-state index in [1.165, 1.54) is 6.42 Å². The summed E-state index contributed by atoms with van der Waals surface area (Å²) in [4.78, 5) is 14.3. The number of carbonyl (C=O) groups is 1. The first-order valence-electron chi connectivity index (χ1n) is 7.33. The van der Waals surface area contributed by atoms with Crippen molar-refractivity contribution in [1.29, 1.82) is 5.26 Å². The zero-order chi connectivity index (χ0) is 14.5. The van der Waals surface area contributed by atoms with Crippen molar-refractivity contribution in [2.45, 2.75) is 45.6 Å². The molecule has 1 aromatic heterocycles. The Kier molecular flexibility index (Phi) is 4.67. The molecule has 2 N–H and O–H groups in total. The highest BCUT2D eigenvalue weighted by Crippen LogP contribution is 2.20. The Morgan fingerprint density at radius 3 is 2.70 bits per heavy atom. The summed E-state index contributed by atoms with van der Waals surface area (Å²) in [7, 11) is 0. The number of amides is 1. The van der Waals surface area contributed by atoms with Crippen LogP contribution in [0.1, 0.15) is 44.0 Å². The Balaban J connectivity index is 2.18. The maximum atomic E-state index is 12.4. The Hall–Kier alpha value is -1.96. The van der Waals surface area contributed by atoms with Crippen LogP contribution in [0.2, 0.25) is 0 Å². The lowest BCUT2D eigenvalue weighted by atomic mass is 10.1. The van der Waals surface area contributed by atoms with Crippen LogP contribution in [0.5, 0.6) is 0 Å². The number of hydrogen-bond donors (Lipinski definition) is 1. The molecule has 1 aromatic rings. The van der Waals surface area contributed by atoms with E-state index in [9.17, 15) is 10.1 Å². The van der Waals surface area contributed by atoms with Gasteiger partial charge < -0.3 is 15.2 Å².